The lowest BCUT2D eigenvalue weighted by Gasteiger charge is -2.44. The first-order valence-corrected chi connectivity index (χ1v) is 8.09. The molecule has 3 atom stereocenters. The van der Waals surface area contributed by atoms with Crippen LogP contribution in [0, 0.1) is 0 Å². The SMILES string of the molecule is CC1(C)SC2C(NC(=O)Cn3cnnn3)C(=O)N2C1c1nnn[nH]1. The van der Waals surface area contributed by atoms with Gasteiger partial charge in [-0.3, -0.25) is 9.59 Å². The number of carbonyl (C=O) groups is 2. The number of fused-ring (bicyclic) bond motifs is 1. The highest BCUT2D eigenvalue weighted by atomic mass is 32.2. The minimum atomic E-state index is -0.570. The zero-order valence-corrected chi connectivity index (χ0v) is 13.6. The molecule has 2 saturated heterocycles. The first kappa shape index (κ1) is 15.0. The molecule has 0 saturated carbocycles. The van der Waals surface area contributed by atoms with E-state index in [2.05, 4.69) is 41.5 Å². The number of rotatable bonds is 4. The number of nitrogens with zero attached hydrogens (tertiary/aromatic N) is 8. The zero-order valence-electron chi connectivity index (χ0n) is 12.8. The number of tetrazole rings is 2. The van der Waals surface area contributed by atoms with Crippen LogP contribution in [0.15, 0.2) is 6.33 Å². The van der Waals surface area contributed by atoms with Crippen LogP contribution in [0.1, 0.15) is 25.7 Å². The van der Waals surface area contributed by atoms with E-state index in [0.717, 1.165) is 0 Å². The summed E-state index contributed by atoms with van der Waals surface area (Å²) in [6.45, 7) is 4.01. The van der Waals surface area contributed by atoms with Gasteiger partial charge in [0, 0.05) is 4.75 Å². The second-order valence-corrected chi connectivity index (χ2v) is 7.87. The van der Waals surface area contributed by atoms with Crippen LogP contribution in [0.25, 0.3) is 0 Å². The van der Waals surface area contributed by atoms with Crippen LogP contribution in [-0.2, 0) is 16.1 Å². The smallest absolute Gasteiger partial charge is 0.249 e. The number of thioether (sulfide) groups is 1. The molecule has 0 spiro atoms. The largest absolute Gasteiger partial charge is 0.340 e. The summed E-state index contributed by atoms with van der Waals surface area (Å²) in [5.41, 5.74) is 0. The van der Waals surface area contributed by atoms with Crippen molar-refractivity contribution in [1.82, 2.24) is 51.0 Å². The molecule has 13 heteroatoms. The Hall–Kier alpha value is -2.57. The summed E-state index contributed by atoms with van der Waals surface area (Å²) in [6, 6.07) is -0.832. The Kier molecular flexibility index (Phi) is 3.26. The third-order valence-corrected chi connectivity index (χ3v) is 5.65. The van der Waals surface area contributed by atoms with Gasteiger partial charge >= 0.3 is 0 Å². The number of aromatic amines is 1. The van der Waals surface area contributed by atoms with Gasteiger partial charge in [0.2, 0.25) is 11.8 Å². The first-order valence-electron chi connectivity index (χ1n) is 7.21. The van der Waals surface area contributed by atoms with Crippen molar-refractivity contribution in [2.75, 3.05) is 0 Å². The van der Waals surface area contributed by atoms with Gasteiger partial charge in [-0.1, -0.05) is 0 Å². The van der Waals surface area contributed by atoms with E-state index in [-0.39, 0.29) is 34.5 Å². The molecule has 2 aliphatic heterocycles. The van der Waals surface area contributed by atoms with E-state index in [4.69, 9.17) is 0 Å². The normalized spacial score (nSPS) is 27.7. The van der Waals surface area contributed by atoms with Gasteiger partial charge in [0.25, 0.3) is 0 Å². The third kappa shape index (κ3) is 2.23. The summed E-state index contributed by atoms with van der Waals surface area (Å²) >= 11 is 1.61. The molecule has 0 bridgehead atoms. The average molecular weight is 350 g/mol. The molecule has 4 rings (SSSR count). The maximum Gasteiger partial charge on any atom is 0.249 e. The van der Waals surface area contributed by atoms with Gasteiger partial charge in [0.05, 0.1) is 0 Å². The lowest BCUT2D eigenvalue weighted by molar-refractivity contribution is -0.151. The molecule has 2 aromatic heterocycles. The van der Waals surface area contributed by atoms with E-state index in [9.17, 15) is 9.59 Å². The number of β-lactam (4-membered cyclic amide) rings is 1. The number of H-pyrrole nitrogens is 1. The molecule has 2 aromatic rings. The zero-order chi connectivity index (χ0) is 16.9. The number of carbonyl (C=O) groups excluding carboxylic acids is 2. The van der Waals surface area contributed by atoms with Crippen LogP contribution in [0.3, 0.4) is 0 Å². The molecule has 12 nitrogen and oxygen atoms in total. The van der Waals surface area contributed by atoms with E-state index >= 15 is 0 Å². The minimum Gasteiger partial charge on any atom is -0.340 e. The molecule has 0 radical (unpaired) electrons. The molecule has 4 heterocycles. The van der Waals surface area contributed by atoms with Gasteiger partial charge in [-0.2, -0.15) is 0 Å². The number of amides is 2. The summed E-state index contributed by atoms with van der Waals surface area (Å²) in [4.78, 5) is 26.3. The molecule has 0 aromatic carbocycles. The Labute approximate surface area is 139 Å². The van der Waals surface area contributed by atoms with Gasteiger partial charge < -0.3 is 10.2 Å². The lowest BCUT2D eigenvalue weighted by Crippen LogP contribution is -2.68. The first-order chi connectivity index (χ1) is 11.5. The van der Waals surface area contributed by atoms with Crippen LogP contribution in [0.5, 0.6) is 0 Å². The minimum absolute atomic E-state index is 0.0347. The molecule has 24 heavy (non-hydrogen) atoms. The fraction of sp³-hybridized carbons (Fsp3) is 0.636. The van der Waals surface area contributed by atoms with E-state index in [1.807, 2.05) is 13.8 Å². The van der Waals surface area contributed by atoms with E-state index in [1.165, 1.54) is 11.0 Å². The number of nitrogens with one attached hydrogen (secondary N) is 2. The summed E-state index contributed by atoms with van der Waals surface area (Å²) in [6.07, 6.45) is 1.34. The number of aromatic nitrogens is 8. The van der Waals surface area contributed by atoms with Crippen molar-refractivity contribution in [3.63, 3.8) is 0 Å². The molecule has 2 N–H and O–H groups in total. The molecule has 3 unspecified atom stereocenters. The Bertz CT molecular complexity index is 760. The lowest BCUT2D eigenvalue weighted by atomic mass is 9.95. The maximum atomic E-state index is 12.5. The van der Waals surface area contributed by atoms with Gasteiger partial charge in [0.15, 0.2) is 5.82 Å². The predicted octanol–water partition coefficient (Wildman–Crippen LogP) is -1.89. The Morgan fingerprint density at radius 1 is 1.46 bits per heavy atom. The summed E-state index contributed by atoms with van der Waals surface area (Å²) in [7, 11) is 0. The van der Waals surface area contributed by atoms with Gasteiger partial charge in [-0.15, -0.1) is 22.0 Å². The Morgan fingerprint density at radius 3 is 2.96 bits per heavy atom. The fourth-order valence-corrected chi connectivity index (χ4v) is 4.73. The number of hydrogen-bond acceptors (Lipinski definition) is 9. The molecule has 2 fully saturated rings. The molecule has 126 valence electrons. The van der Waals surface area contributed by atoms with E-state index in [1.54, 1.807) is 16.7 Å². The summed E-state index contributed by atoms with van der Waals surface area (Å²) in [5, 5.41) is 27.0. The molecular formula is C11H14N10O2S. The second-order valence-electron chi connectivity index (χ2n) is 6.10. The third-order valence-electron chi connectivity index (χ3n) is 4.08. The molecule has 2 amide bonds. The van der Waals surface area contributed by atoms with Crippen LogP contribution >= 0.6 is 11.8 Å². The van der Waals surface area contributed by atoms with Crippen LogP contribution < -0.4 is 5.32 Å². The number of hydrogen-bond donors (Lipinski definition) is 2. The maximum absolute atomic E-state index is 12.5. The van der Waals surface area contributed by atoms with Crippen molar-refractivity contribution in [2.24, 2.45) is 0 Å². The highest BCUT2D eigenvalue weighted by molar-refractivity contribution is 8.01. The Morgan fingerprint density at radius 2 is 2.29 bits per heavy atom. The second kappa shape index (κ2) is 5.22. The van der Waals surface area contributed by atoms with Crippen molar-refractivity contribution in [3.8, 4) is 0 Å². The van der Waals surface area contributed by atoms with Crippen LogP contribution in [-0.4, -0.2) is 73.7 Å². The quantitative estimate of drug-likeness (QED) is 0.603. The van der Waals surface area contributed by atoms with Gasteiger partial charge in [-0.05, 0) is 34.7 Å². The summed E-state index contributed by atoms with van der Waals surface area (Å²) < 4.78 is 1.02. The van der Waals surface area contributed by atoms with Crippen molar-refractivity contribution in [2.45, 2.75) is 42.6 Å². The fourth-order valence-electron chi connectivity index (χ4n) is 3.09. The van der Waals surface area contributed by atoms with Crippen molar-refractivity contribution in [1.29, 1.82) is 0 Å². The van der Waals surface area contributed by atoms with E-state index < -0.39 is 6.04 Å². The van der Waals surface area contributed by atoms with Gasteiger partial charge in [0.1, 0.15) is 30.3 Å². The van der Waals surface area contributed by atoms with Crippen LogP contribution in [0.4, 0.5) is 0 Å². The van der Waals surface area contributed by atoms with Crippen molar-refractivity contribution < 1.29 is 9.59 Å². The monoisotopic (exact) mass is 350 g/mol. The van der Waals surface area contributed by atoms with Crippen LogP contribution in [0.2, 0.25) is 0 Å². The van der Waals surface area contributed by atoms with Gasteiger partial charge in [-0.25, -0.2) is 9.78 Å². The predicted molar refractivity (Wildman–Crippen MR) is 79.0 cm³/mol. The van der Waals surface area contributed by atoms with Crippen molar-refractivity contribution >= 4 is 23.6 Å². The van der Waals surface area contributed by atoms with E-state index in [0.29, 0.717) is 5.82 Å². The molecule has 0 aliphatic carbocycles. The Balaban J connectivity index is 1.48. The average Bonchev–Trinajstić information content (AvgIpc) is 3.24. The molecule has 2 aliphatic rings. The summed E-state index contributed by atoms with van der Waals surface area (Å²) in [5.74, 6) is 0.0786. The highest BCUT2D eigenvalue weighted by Gasteiger charge is 2.63. The standard InChI is InChI=1S/C11H14N10O2S/c1-11(2)7(8-14-17-18-15-8)21-9(23)6(10(21)24-11)13-5(22)3-20-4-12-16-19-20/h4,6-7,10H,3H2,1-2H3,(H,13,22)(H,14,15,17,18). The topological polar surface area (TPSA) is 147 Å². The molecular weight excluding hydrogens is 336 g/mol. The highest BCUT2D eigenvalue weighted by Crippen LogP contribution is 2.56. The van der Waals surface area contributed by atoms with Crippen molar-refractivity contribution in [3.05, 3.63) is 12.2 Å².